The highest BCUT2D eigenvalue weighted by Gasteiger charge is 2.04. The van der Waals surface area contributed by atoms with Crippen molar-refractivity contribution < 1.29 is 0 Å². The summed E-state index contributed by atoms with van der Waals surface area (Å²) >= 11 is 0. The average Bonchev–Trinajstić information content (AvgIpc) is 2.29. The summed E-state index contributed by atoms with van der Waals surface area (Å²) in [5.41, 5.74) is 3.66. The second-order valence-electron chi connectivity index (χ2n) is 3.22. The van der Waals surface area contributed by atoms with Crippen LogP contribution >= 0.6 is 0 Å². The van der Waals surface area contributed by atoms with E-state index < -0.39 is 0 Å². The second kappa shape index (κ2) is 2.34. The van der Waals surface area contributed by atoms with Gasteiger partial charge in [-0.3, -0.25) is 4.98 Å². The van der Waals surface area contributed by atoms with Crippen molar-refractivity contribution in [1.29, 1.82) is 0 Å². The zero-order valence-electron chi connectivity index (χ0n) is 7.63. The van der Waals surface area contributed by atoms with Crippen molar-refractivity contribution in [1.82, 2.24) is 9.55 Å². The summed E-state index contributed by atoms with van der Waals surface area (Å²) in [5.74, 6) is 0. The van der Waals surface area contributed by atoms with Gasteiger partial charge in [-0.05, 0) is 25.5 Å². The Morgan fingerprint density at radius 1 is 1.33 bits per heavy atom. The molecule has 0 atom stereocenters. The fourth-order valence-electron chi connectivity index (χ4n) is 1.75. The van der Waals surface area contributed by atoms with Crippen molar-refractivity contribution in [3.8, 4) is 0 Å². The van der Waals surface area contributed by atoms with Crippen LogP contribution in [0.1, 0.15) is 11.3 Å². The van der Waals surface area contributed by atoms with Gasteiger partial charge in [0.15, 0.2) is 0 Å². The van der Waals surface area contributed by atoms with E-state index in [1.54, 1.807) is 0 Å². The Hall–Kier alpha value is -1.31. The van der Waals surface area contributed by atoms with Crippen LogP contribution < -0.4 is 0 Å². The summed E-state index contributed by atoms with van der Waals surface area (Å²) in [5, 5.41) is 1.31. The molecule has 0 bridgehead atoms. The molecule has 0 saturated carbocycles. The molecule has 2 aromatic rings. The third kappa shape index (κ3) is 0.843. The standard InChI is InChI=1S/C10H12N2/c1-7-6-12(3)10-8(2)11-5-4-9(7)10/h4-6H,1-3H3. The Kier molecular flexibility index (Phi) is 1.43. The van der Waals surface area contributed by atoms with Crippen LogP contribution in [0.2, 0.25) is 0 Å². The molecule has 2 rings (SSSR count). The summed E-state index contributed by atoms with van der Waals surface area (Å²) in [6.07, 6.45) is 4.00. The lowest BCUT2D eigenvalue weighted by Gasteiger charge is -1.98. The van der Waals surface area contributed by atoms with Crippen LogP contribution in [-0.2, 0) is 7.05 Å². The Morgan fingerprint density at radius 2 is 2.08 bits per heavy atom. The summed E-state index contributed by atoms with van der Waals surface area (Å²) in [4.78, 5) is 4.26. The molecule has 2 nitrogen and oxygen atoms in total. The van der Waals surface area contributed by atoms with E-state index in [1.807, 2.05) is 13.1 Å². The maximum Gasteiger partial charge on any atom is 0.0696 e. The van der Waals surface area contributed by atoms with Crippen molar-refractivity contribution in [3.05, 3.63) is 29.7 Å². The van der Waals surface area contributed by atoms with Gasteiger partial charge in [0.05, 0.1) is 11.2 Å². The third-order valence-corrected chi connectivity index (χ3v) is 2.27. The number of rotatable bonds is 0. The first kappa shape index (κ1) is 7.35. The van der Waals surface area contributed by atoms with Gasteiger partial charge in [0.2, 0.25) is 0 Å². The lowest BCUT2D eigenvalue weighted by atomic mass is 10.2. The smallest absolute Gasteiger partial charge is 0.0696 e. The molecule has 62 valence electrons. The highest BCUT2D eigenvalue weighted by molar-refractivity contribution is 5.85. The molecular weight excluding hydrogens is 148 g/mol. The maximum absolute atomic E-state index is 4.26. The molecule has 0 amide bonds. The molecule has 2 heteroatoms. The zero-order chi connectivity index (χ0) is 8.72. The van der Waals surface area contributed by atoms with Crippen LogP contribution in [-0.4, -0.2) is 9.55 Å². The summed E-state index contributed by atoms with van der Waals surface area (Å²) in [7, 11) is 2.06. The van der Waals surface area contributed by atoms with Gasteiger partial charge in [0, 0.05) is 24.8 Å². The molecule has 0 fully saturated rings. The van der Waals surface area contributed by atoms with Crippen LogP contribution in [0.4, 0.5) is 0 Å². The lowest BCUT2D eigenvalue weighted by Crippen LogP contribution is -1.88. The molecule has 0 aliphatic carbocycles. The molecule has 12 heavy (non-hydrogen) atoms. The molecule has 0 aromatic carbocycles. The number of pyridine rings is 1. The van der Waals surface area contributed by atoms with Gasteiger partial charge in [-0.1, -0.05) is 0 Å². The fraction of sp³-hybridized carbons (Fsp3) is 0.300. The zero-order valence-corrected chi connectivity index (χ0v) is 7.63. The normalized spacial score (nSPS) is 10.9. The van der Waals surface area contributed by atoms with E-state index in [-0.39, 0.29) is 0 Å². The van der Waals surface area contributed by atoms with E-state index in [1.165, 1.54) is 16.5 Å². The van der Waals surface area contributed by atoms with Crippen LogP contribution in [0, 0.1) is 13.8 Å². The second-order valence-corrected chi connectivity index (χ2v) is 3.22. The Balaban J connectivity index is 2.99. The van der Waals surface area contributed by atoms with Crippen LogP contribution in [0.5, 0.6) is 0 Å². The minimum atomic E-state index is 1.10. The molecule has 0 unspecified atom stereocenters. The number of hydrogen-bond acceptors (Lipinski definition) is 1. The van der Waals surface area contributed by atoms with Gasteiger partial charge in [0.1, 0.15) is 0 Å². The van der Waals surface area contributed by atoms with Gasteiger partial charge < -0.3 is 4.57 Å². The van der Waals surface area contributed by atoms with Crippen LogP contribution in [0.25, 0.3) is 10.9 Å². The molecule has 0 spiro atoms. The van der Waals surface area contributed by atoms with Crippen LogP contribution in [0.15, 0.2) is 18.5 Å². The van der Waals surface area contributed by atoms with E-state index in [4.69, 9.17) is 0 Å². The number of fused-ring (bicyclic) bond motifs is 1. The van der Waals surface area contributed by atoms with E-state index in [0.717, 1.165) is 5.69 Å². The topological polar surface area (TPSA) is 17.8 Å². The summed E-state index contributed by atoms with van der Waals surface area (Å²) in [6.45, 7) is 4.17. The van der Waals surface area contributed by atoms with Crippen molar-refractivity contribution in [2.24, 2.45) is 7.05 Å². The quantitative estimate of drug-likeness (QED) is 0.577. The van der Waals surface area contributed by atoms with Gasteiger partial charge in [-0.15, -0.1) is 0 Å². The molecule has 0 aliphatic rings. The largest absolute Gasteiger partial charge is 0.349 e. The molecule has 0 saturated heterocycles. The van der Waals surface area contributed by atoms with E-state index in [0.29, 0.717) is 0 Å². The first-order chi connectivity index (χ1) is 5.70. The minimum absolute atomic E-state index is 1.10. The Labute approximate surface area is 71.8 Å². The van der Waals surface area contributed by atoms with E-state index >= 15 is 0 Å². The number of aryl methyl sites for hydroxylation is 3. The molecular formula is C10H12N2. The molecule has 0 N–H and O–H groups in total. The van der Waals surface area contributed by atoms with Gasteiger partial charge in [-0.2, -0.15) is 0 Å². The molecule has 0 radical (unpaired) electrons. The average molecular weight is 160 g/mol. The van der Waals surface area contributed by atoms with Gasteiger partial charge in [-0.25, -0.2) is 0 Å². The summed E-state index contributed by atoms with van der Waals surface area (Å²) in [6, 6.07) is 2.07. The van der Waals surface area contributed by atoms with Crippen LogP contribution in [0.3, 0.4) is 0 Å². The maximum atomic E-state index is 4.26. The van der Waals surface area contributed by atoms with Gasteiger partial charge >= 0.3 is 0 Å². The fourth-order valence-corrected chi connectivity index (χ4v) is 1.75. The number of hydrogen-bond donors (Lipinski definition) is 0. The molecule has 2 heterocycles. The van der Waals surface area contributed by atoms with Crippen molar-refractivity contribution in [2.75, 3.05) is 0 Å². The Morgan fingerprint density at radius 3 is 2.75 bits per heavy atom. The predicted octanol–water partition coefficient (Wildman–Crippen LogP) is 2.19. The monoisotopic (exact) mass is 160 g/mol. The van der Waals surface area contributed by atoms with E-state index in [9.17, 15) is 0 Å². The highest BCUT2D eigenvalue weighted by atomic mass is 14.9. The van der Waals surface area contributed by atoms with Crippen molar-refractivity contribution in [2.45, 2.75) is 13.8 Å². The first-order valence-electron chi connectivity index (χ1n) is 4.07. The SMILES string of the molecule is Cc1cn(C)c2c(C)nccc12. The van der Waals surface area contributed by atoms with E-state index in [2.05, 4.69) is 35.8 Å². The summed E-state index contributed by atoms with van der Waals surface area (Å²) < 4.78 is 2.13. The number of aromatic nitrogens is 2. The highest BCUT2D eigenvalue weighted by Crippen LogP contribution is 2.20. The first-order valence-corrected chi connectivity index (χ1v) is 4.07. The Bertz CT molecular complexity index is 427. The number of nitrogens with zero attached hydrogens (tertiary/aromatic N) is 2. The molecule has 2 aromatic heterocycles. The molecule has 0 aliphatic heterocycles. The van der Waals surface area contributed by atoms with Crippen molar-refractivity contribution >= 4 is 10.9 Å². The van der Waals surface area contributed by atoms with Gasteiger partial charge in [0.25, 0.3) is 0 Å². The predicted molar refractivity (Wildman–Crippen MR) is 50.2 cm³/mol. The minimum Gasteiger partial charge on any atom is -0.349 e. The lowest BCUT2D eigenvalue weighted by molar-refractivity contribution is 0.952. The third-order valence-electron chi connectivity index (χ3n) is 2.27. The van der Waals surface area contributed by atoms with Crippen molar-refractivity contribution in [3.63, 3.8) is 0 Å².